The van der Waals surface area contributed by atoms with Gasteiger partial charge in [0.15, 0.2) is 0 Å². The molecule has 0 aliphatic heterocycles. The molecule has 0 saturated carbocycles. The van der Waals surface area contributed by atoms with E-state index in [1.54, 1.807) is 6.07 Å². The van der Waals surface area contributed by atoms with Gasteiger partial charge in [0.1, 0.15) is 0 Å². The lowest BCUT2D eigenvalue weighted by Crippen LogP contribution is -1.77. The molecule has 62 valence electrons. The summed E-state index contributed by atoms with van der Waals surface area (Å²) >= 11 is 14.9. The summed E-state index contributed by atoms with van der Waals surface area (Å²) in [5.74, 6) is 5.75. The van der Waals surface area contributed by atoms with Gasteiger partial charge in [-0.1, -0.05) is 57.0 Å². The molecule has 3 heteroatoms. The van der Waals surface area contributed by atoms with Gasteiger partial charge in [0.2, 0.25) is 0 Å². The van der Waals surface area contributed by atoms with E-state index in [0.717, 1.165) is 5.56 Å². The number of hydrogen-bond acceptors (Lipinski definition) is 0. The molecular formula is C9H5BrCl2. The molecular weight excluding hydrogens is 259 g/mol. The van der Waals surface area contributed by atoms with E-state index in [1.807, 2.05) is 12.1 Å². The molecule has 0 atom stereocenters. The van der Waals surface area contributed by atoms with Gasteiger partial charge in [-0.3, -0.25) is 0 Å². The van der Waals surface area contributed by atoms with Crippen LogP contribution in [0.15, 0.2) is 18.2 Å². The molecule has 0 unspecified atom stereocenters. The predicted molar refractivity (Wildman–Crippen MR) is 57.1 cm³/mol. The van der Waals surface area contributed by atoms with E-state index >= 15 is 0 Å². The van der Waals surface area contributed by atoms with Crippen molar-refractivity contribution in [2.45, 2.75) is 0 Å². The van der Waals surface area contributed by atoms with Crippen molar-refractivity contribution in [2.75, 3.05) is 5.33 Å². The highest BCUT2D eigenvalue weighted by atomic mass is 79.9. The molecule has 0 nitrogen and oxygen atoms in total. The number of hydrogen-bond donors (Lipinski definition) is 0. The van der Waals surface area contributed by atoms with E-state index in [0.29, 0.717) is 15.4 Å². The minimum absolute atomic E-state index is 0.521. The van der Waals surface area contributed by atoms with Crippen LogP contribution in [0.4, 0.5) is 0 Å². The third-order valence-electron chi connectivity index (χ3n) is 1.24. The lowest BCUT2D eigenvalue weighted by Gasteiger charge is -1.96. The fourth-order valence-corrected chi connectivity index (χ4v) is 1.22. The van der Waals surface area contributed by atoms with Crippen LogP contribution in [0.25, 0.3) is 0 Å². The maximum Gasteiger partial charge on any atom is 0.0748 e. The normalized spacial score (nSPS) is 8.92. The van der Waals surface area contributed by atoms with Gasteiger partial charge in [0.25, 0.3) is 0 Å². The molecule has 0 spiro atoms. The Balaban J connectivity index is 3.08. The van der Waals surface area contributed by atoms with Gasteiger partial charge in [0.05, 0.1) is 15.4 Å². The van der Waals surface area contributed by atoms with Crippen LogP contribution in [0.1, 0.15) is 5.56 Å². The maximum absolute atomic E-state index is 5.88. The summed E-state index contributed by atoms with van der Waals surface area (Å²) in [4.78, 5) is 0. The Morgan fingerprint density at radius 1 is 1.33 bits per heavy atom. The van der Waals surface area contributed by atoms with Crippen LogP contribution < -0.4 is 0 Å². The quantitative estimate of drug-likeness (QED) is 0.494. The summed E-state index contributed by atoms with van der Waals surface area (Å²) < 4.78 is 0. The van der Waals surface area contributed by atoms with Crippen LogP contribution in [0.3, 0.4) is 0 Å². The van der Waals surface area contributed by atoms with Crippen LogP contribution in [0.5, 0.6) is 0 Å². The van der Waals surface area contributed by atoms with Crippen molar-refractivity contribution in [3.8, 4) is 11.8 Å². The third kappa shape index (κ3) is 2.42. The average Bonchev–Trinajstić information content (AvgIpc) is 2.08. The van der Waals surface area contributed by atoms with Gasteiger partial charge in [-0.05, 0) is 12.1 Å². The summed E-state index contributed by atoms with van der Waals surface area (Å²) in [6, 6.07) is 5.40. The first-order valence-corrected chi connectivity index (χ1v) is 5.12. The van der Waals surface area contributed by atoms with Crippen molar-refractivity contribution in [3.63, 3.8) is 0 Å². The molecule has 0 aliphatic rings. The van der Waals surface area contributed by atoms with Crippen LogP contribution in [0.2, 0.25) is 10.0 Å². The van der Waals surface area contributed by atoms with E-state index < -0.39 is 0 Å². The first-order valence-electron chi connectivity index (χ1n) is 3.24. The highest BCUT2D eigenvalue weighted by Gasteiger charge is 1.99. The summed E-state index contributed by atoms with van der Waals surface area (Å²) in [6.45, 7) is 0. The van der Waals surface area contributed by atoms with E-state index in [9.17, 15) is 0 Å². The highest BCUT2D eigenvalue weighted by Crippen LogP contribution is 2.24. The average molecular weight is 264 g/mol. The zero-order chi connectivity index (χ0) is 8.97. The van der Waals surface area contributed by atoms with Gasteiger partial charge < -0.3 is 0 Å². The first-order chi connectivity index (χ1) is 5.75. The van der Waals surface area contributed by atoms with Gasteiger partial charge in [-0.25, -0.2) is 0 Å². The molecule has 1 aromatic rings. The molecule has 1 rings (SSSR count). The fourth-order valence-electron chi connectivity index (χ4n) is 0.729. The van der Waals surface area contributed by atoms with E-state index in [2.05, 4.69) is 27.8 Å². The van der Waals surface area contributed by atoms with Crippen molar-refractivity contribution in [3.05, 3.63) is 33.8 Å². The smallest absolute Gasteiger partial charge is 0.0748 e. The molecule has 0 fully saturated rings. The van der Waals surface area contributed by atoms with E-state index in [4.69, 9.17) is 23.2 Å². The molecule has 1 aromatic carbocycles. The largest absolute Gasteiger partial charge is 0.0863 e. The lowest BCUT2D eigenvalue weighted by molar-refractivity contribution is 1.64. The van der Waals surface area contributed by atoms with E-state index in [-0.39, 0.29) is 0 Å². The van der Waals surface area contributed by atoms with Gasteiger partial charge in [0, 0.05) is 5.56 Å². The molecule has 0 radical (unpaired) electrons. The van der Waals surface area contributed by atoms with Gasteiger partial charge >= 0.3 is 0 Å². The maximum atomic E-state index is 5.88. The Labute approximate surface area is 90.0 Å². The Hall–Kier alpha value is -0.160. The third-order valence-corrected chi connectivity index (χ3v) is 2.34. The molecule has 12 heavy (non-hydrogen) atoms. The molecule has 0 heterocycles. The second-order valence-corrected chi connectivity index (χ2v) is 3.38. The van der Waals surface area contributed by atoms with Gasteiger partial charge in [-0.2, -0.15) is 0 Å². The number of halogens is 3. The standard InChI is InChI=1S/C9H5BrCl2/c10-6-2-4-7-3-1-5-8(11)9(7)12/h1,3,5H,6H2. The second kappa shape index (κ2) is 4.77. The first kappa shape index (κ1) is 9.92. The fraction of sp³-hybridized carbons (Fsp3) is 0.111. The van der Waals surface area contributed by atoms with Crippen LogP contribution in [-0.4, -0.2) is 5.33 Å². The topological polar surface area (TPSA) is 0 Å². The van der Waals surface area contributed by atoms with Crippen LogP contribution in [0, 0.1) is 11.8 Å². The summed E-state index contributed by atoms with van der Waals surface area (Å²) in [6.07, 6.45) is 0. The minimum Gasteiger partial charge on any atom is -0.0863 e. The number of rotatable bonds is 0. The zero-order valence-corrected chi connectivity index (χ0v) is 9.17. The Morgan fingerprint density at radius 3 is 2.75 bits per heavy atom. The van der Waals surface area contributed by atoms with Crippen molar-refractivity contribution in [1.82, 2.24) is 0 Å². The minimum atomic E-state index is 0.521. The van der Waals surface area contributed by atoms with Crippen molar-refractivity contribution >= 4 is 39.1 Å². The Bertz CT molecular complexity index is 336. The zero-order valence-electron chi connectivity index (χ0n) is 6.07. The van der Waals surface area contributed by atoms with Gasteiger partial charge in [-0.15, -0.1) is 0 Å². The van der Waals surface area contributed by atoms with Crippen LogP contribution in [-0.2, 0) is 0 Å². The molecule has 0 saturated heterocycles. The predicted octanol–water partition coefficient (Wildman–Crippen LogP) is 3.74. The number of benzene rings is 1. The number of alkyl halides is 1. The second-order valence-electron chi connectivity index (χ2n) is 2.04. The molecule has 0 amide bonds. The summed E-state index contributed by atoms with van der Waals surface area (Å²) in [5, 5.41) is 1.70. The molecule has 0 bridgehead atoms. The molecule has 0 aromatic heterocycles. The van der Waals surface area contributed by atoms with Crippen molar-refractivity contribution < 1.29 is 0 Å². The van der Waals surface area contributed by atoms with Crippen molar-refractivity contribution in [2.24, 2.45) is 0 Å². The highest BCUT2D eigenvalue weighted by molar-refractivity contribution is 9.09. The monoisotopic (exact) mass is 262 g/mol. The lowest BCUT2D eigenvalue weighted by atomic mass is 10.2. The molecule has 0 aliphatic carbocycles. The van der Waals surface area contributed by atoms with E-state index in [1.165, 1.54) is 0 Å². The summed E-state index contributed by atoms with van der Waals surface area (Å²) in [7, 11) is 0. The Kier molecular flexibility index (Phi) is 3.94. The summed E-state index contributed by atoms with van der Waals surface area (Å²) in [5.41, 5.74) is 0.767. The molecule has 0 N–H and O–H groups in total. The van der Waals surface area contributed by atoms with Crippen LogP contribution >= 0.6 is 39.1 Å². The Morgan fingerprint density at radius 2 is 2.08 bits per heavy atom. The van der Waals surface area contributed by atoms with Crippen molar-refractivity contribution in [1.29, 1.82) is 0 Å². The SMILES string of the molecule is Clc1cccc(C#CCBr)c1Cl.